The van der Waals surface area contributed by atoms with E-state index >= 15 is 0 Å². The second-order valence-electron chi connectivity index (χ2n) is 7.01. The Hall–Kier alpha value is -3.71. The molecule has 7 heteroatoms. The predicted octanol–water partition coefficient (Wildman–Crippen LogP) is 5.24. The van der Waals surface area contributed by atoms with Gasteiger partial charge in [-0.05, 0) is 61.1 Å². The molecular weight excluding hydrogens is 422 g/mol. The van der Waals surface area contributed by atoms with Crippen LogP contribution in [0.15, 0.2) is 78.9 Å². The van der Waals surface area contributed by atoms with E-state index < -0.39 is 0 Å². The maximum absolute atomic E-state index is 12.7. The summed E-state index contributed by atoms with van der Waals surface area (Å²) < 4.78 is 5.72. The van der Waals surface area contributed by atoms with Crippen molar-refractivity contribution in [2.75, 3.05) is 17.2 Å². The van der Waals surface area contributed by atoms with Gasteiger partial charge in [-0.25, -0.2) is 0 Å². The quantitative estimate of drug-likeness (QED) is 0.325. The third kappa shape index (κ3) is 6.65. The number of para-hydroxylation sites is 1. The monoisotopic (exact) mass is 447 g/mol. The van der Waals surface area contributed by atoms with Gasteiger partial charge >= 0.3 is 0 Å². The lowest BCUT2D eigenvalue weighted by molar-refractivity contribution is 0.0972. The molecule has 0 aliphatic carbocycles. The Morgan fingerprint density at radius 2 is 1.53 bits per heavy atom. The summed E-state index contributed by atoms with van der Waals surface area (Å²) in [5.74, 6) is -0.0479. The summed E-state index contributed by atoms with van der Waals surface area (Å²) in [5, 5.41) is 8.64. The fourth-order valence-electron chi connectivity index (χ4n) is 2.91. The molecule has 3 aromatic carbocycles. The predicted molar refractivity (Wildman–Crippen MR) is 131 cm³/mol. The van der Waals surface area contributed by atoms with Crippen LogP contribution in [0, 0.1) is 0 Å². The molecule has 3 aromatic rings. The maximum atomic E-state index is 12.7. The van der Waals surface area contributed by atoms with E-state index in [4.69, 9.17) is 17.0 Å². The summed E-state index contributed by atoms with van der Waals surface area (Å²) in [7, 11) is 0. The molecule has 0 aliphatic heterocycles. The Bertz CT molecular complexity index is 1090. The molecule has 32 heavy (non-hydrogen) atoms. The first-order valence-corrected chi connectivity index (χ1v) is 10.8. The van der Waals surface area contributed by atoms with Gasteiger partial charge in [-0.15, -0.1) is 0 Å². The molecule has 0 fully saturated rings. The standard InChI is InChI=1S/C25H25N3O3S/c1-2-3-16-31-22-15-8-7-14-21(22)24(30)28-25(32)27-20-13-9-12-19(17-20)26-23(29)18-10-5-4-6-11-18/h4-15,17H,2-3,16H2,1H3,(H,26,29)(H2,27,28,30,32). The number of hydrogen-bond donors (Lipinski definition) is 3. The van der Waals surface area contributed by atoms with Crippen molar-refractivity contribution < 1.29 is 14.3 Å². The fraction of sp³-hybridized carbons (Fsp3) is 0.160. The number of unbranched alkanes of at least 4 members (excludes halogenated alkanes) is 1. The molecule has 0 heterocycles. The second-order valence-corrected chi connectivity index (χ2v) is 7.42. The maximum Gasteiger partial charge on any atom is 0.261 e. The van der Waals surface area contributed by atoms with Crippen LogP contribution in [0.5, 0.6) is 5.75 Å². The molecule has 164 valence electrons. The topological polar surface area (TPSA) is 79.5 Å². The summed E-state index contributed by atoms with van der Waals surface area (Å²) in [6.45, 7) is 2.62. The van der Waals surface area contributed by atoms with Gasteiger partial charge in [0, 0.05) is 16.9 Å². The van der Waals surface area contributed by atoms with Crippen molar-refractivity contribution in [1.29, 1.82) is 0 Å². The molecule has 0 aromatic heterocycles. The van der Waals surface area contributed by atoms with Crippen LogP contribution < -0.4 is 20.7 Å². The van der Waals surface area contributed by atoms with Crippen molar-refractivity contribution in [2.24, 2.45) is 0 Å². The highest BCUT2D eigenvalue weighted by Gasteiger charge is 2.14. The first-order chi connectivity index (χ1) is 15.6. The lowest BCUT2D eigenvalue weighted by atomic mass is 10.2. The lowest BCUT2D eigenvalue weighted by Gasteiger charge is -2.13. The molecule has 0 aliphatic rings. The summed E-state index contributed by atoms with van der Waals surface area (Å²) in [6.07, 6.45) is 1.92. The third-order valence-electron chi connectivity index (χ3n) is 4.53. The summed E-state index contributed by atoms with van der Waals surface area (Å²) >= 11 is 5.30. The van der Waals surface area contributed by atoms with Gasteiger partial charge in [0.25, 0.3) is 11.8 Å². The van der Waals surface area contributed by atoms with E-state index in [0.29, 0.717) is 34.9 Å². The van der Waals surface area contributed by atoms with Gasteiger partial charge in [0.2, 0.25) is 0 Å². The smallest absolute Gasteiger partial charge is 0.261 e. The van der Waals surface area contributed by atoms with Crippen LogP contribution in [0.1, 0.15) is 40.5 Å². The van der Waals surface area contributed by atoms with Crippen molar-refractivity contribution in [1.82, 2.24) is 5.32 Å². The van der Waals surface area contributed by atoms with Gasteiger partial charge in [0.05, 0.1) is 12.2 Å². The van der Waals surface area contributed by atoms with E-state index in [9.17, 15) is 9.59 Å². The lowest BCUT2D eigenvalue weighted by Crippen LogP contribution is -2.34. The molecule has 2 amide bonds. The van der Waals surface area contributed by atoms with Crippen LogP contribution in [0.25, 0.3) is 0 Å². The fourth-order valence-corrected chi connectivity index (χ4v) is 3.12. The first kappa shape index (κ1) is 23.0. The van der Waals surface area contributed by atoms with E-state index in [1.807, 2.05) is 12.1 Å². The van der Waals surface area contributed by atoms with Gasteiger partial charge in [-0.2, -0.15) is 0 Å². The van der Waals surface area contributed by atoms with Gasteiger partial charge in [-0.3, -0.25) is 14.9 Å². The highest BCUT2D eigenvalue weighted by molar-refractivity contribution is 7.80. The average molecular weight is 448 g/mol. The molecule has 0 saturated carbocycles. The Labute approximate surface area is 193 Å². The number of rotatable bonds is 8. The molecule has 6 nitrogen and oxygen atoms in total. The Balaban J connectivity index is 1.60. The minimum atomic E-state index is -0.358. The van der Waals surface area contributed by atoms with E-state index in [-0.39, 0.29) is 16.9 Å². The van der Waals surface area contributed by atoms with E-state index in [1.54, 1.807) is 66.7 Å². The molecular formula is C25H25N3O3S. The van der Waals surface area contributed by atoms with Gasteiger partial charge in [-0.1, -0.05) is 49.7 Å². The van der Waals surface area contributed by atoms with E-state index in [2.05, 4.69) is 22.9 Å². The van der Waals surface area contributed by atoms with Crippen LogP contribution in [-0.4, -0.2) is 23.5 Å². The van der Waals surface area contributed by atoms with Crippen molar-refractivity contribution >= 4 is 40.5 Å². The molecule has 0 saturated heterocycles. The van der Waals surface area contributed by atoms with Crippen molar-refractivity contribution in [3.8, 4) is 5.75 Å². The largest absolute Gasteiger partial charge is 0.493 e. The molecule has 3 rings (SSSR count). The molecule has 0 radical (unpaired) electrons. The number of hydrogen-bond acceptors (Lipinski definition) is 4. The SMILES string of the molecule is CCCCOc1ccccc1C(=O)NC(=S)Nc1cccc(NC(=O)c2ccccc2)c1. The van der Waals surface area contributed by atoms with Crippen LogP contribution in [-0.2, 0) is 0 Å². The number of carbonyl (C=O) groups excluding carboxylic acids is 2. The number of thiocarbonyl (C=S) groups is 1. The normalized spacial score (nSPS) is 10.2. The Morgan fingerprint density at radius 3 is 2.28 bits per heavy atom. The number of amides is 2. The number of anilines is 2. The summed E-state index contributed by atoms with van der Waals surface area (Å²) in [5.41, 5.74) is 2.21. The molecule has 0 atom stereocenters. The highest BCUT2D eigenvalue weighted by atomic mass is 32.1. The highest BCUT2D eigenvalue weighted by Crippen LogP contribution is 2.19. The second kappa shape index (κ2) is 11.6. The molecule has 0 spiro atoms. The molecule has 0 unspecified atom stereocenters. The van der Waals surface area contributed by atoms with Crippen molar-refractivity contribution in [2.45, 2.75) is 19.8 Å². The van der Waals surface area contributed by atoms with Gasteiger partial charge in [0.15, 0.2) is 5.11 Å². The van der Waals surface area contributed by atoms with Crippen molar-refractivity contribution in [3.05, 3.63) is 90.0 Å². The minimum absolute atomic E-state index is 0.143. The van der Waals surface area contributed by atoms with Crippen LogP contribution in [0.4, 0.5) is 11.4 Å². The number of ether oxygens (including phenoxy) is 1. The number of benzene rings is 3. The van der Waals surface area contributed by atoms with Crippen LogP contribution >= 0.6 is 12.2 Å². The van der Waals surface area contributed by atoms with Crippen LogP contribution in [0.3, 0.4) is 0 Å². The minimum Gasteiger partial charge on any atom is -0.493 e. The van der Waals surface area contributed by atoms with Crippen molar-refractivity contribution in [3.63, 3.8) is 0 Å². The Morgan fingerprint density at radius 1 is 0.844 bits per heavy atom. The number of carbonyl (C=O) groups is 2. The third-order valence-corrected chi connectivity index (χ3v) is 4.73. The zero-order valence-electron chi connectivity index (χ0n) is 17.8. The molecule has 3 N–H and O–H groups in total. The summed E-state index contributed by atoms with van der Waals surface area (Å²) in [6, 6.07) is 23.1. The zero-order chi connectivity index (χ0) is 22.8. The zero-order valence-corrected chi connectivity index (χ0v) is 18.6. The Kier molecular flexibility index (Phi) is 8.34. The first-order valence-electron chi connectivity index (χ1n) is 10.4. The summed E-state index contributed by atoms with van der Waals surface area (Å²) in [4.78, 5) is 25.0. The van der Waals surface area contributed by atoms with Gasteiger partial charge < -0.3 is 15.4 Å². The average Bonchev–Trinajstić information content (AvgIpc) is 2.80. The number of nitrogens with one attached hydrogen (secondary N) is 3. The molecule has 0 bridgehead atoms. The van der Waals surface area contributed by atoms with Gasteiger partial charge in [0.1, 0.15) is 5.75 Å². The van der Waals surface area contributed by atoms with Crippen LogP contribution in [0.2, 0.25) is 0 Å². The van der Waals surface area contributed by atoms with E-state index in [0.717, 1.165) is 12.8 Å². The van der Waals surface area contributed by atoms with E-state index in [1.165, 1.54) is 0 Å².